The van der Waals surface area contributed by atoms with E-state index in [9.17, 15) is 10.2 Å². The summed E-state index contributed by atoms with van der Waals surface area (Å²) in [6, 6.07) is 15.9. The van der Waals surface area contributed by atoms with Gasteiger partial charge in [-0.3, -0.25) is 0 Å². The number of ether oxygens (including phenoxy) is 2. The van der Waals surface area contributed by atoms with Crippen molar-refractivity contribution >= 4 is 0 Å². The normalized spacial score (nSPS) is 9.70. The molecule has 5 heteroatoms. The van der Waals surface area contributed by atoms with Gasteiger partial charge in [0.25, 0.3) is 11.4 Å². The molecule has 5 nitrogen and oxygen atoms in total. The van der Waals surface area contributed by atoms with Crippen LogP contribution in [0.3, 0.4) is 0 Å². The zero-order valence-corrected chi connectivity index (χ0v) is 17.1. The maximum Gasteiger partial charge on any atom is 0.257 e. The van der Waals surface area contributed by atoms with Gasteiger partial charge in [0.2, 0.25) is 0 Å². The first kappa shape index (κ1) is 20.6. The largest absolute Gasteiger partial charge is 0.504 e. The highest BCUT2D eigenvalue weighted by molar-refractivity contribution is 5.49. The molecule has 150 valence electrons. The molecule has 0 amide bonds. The molecule has 0 saturated heterocycles. The molecular formula is C25H22NO4+. The predicted molar refractivity (Wildman–Crippen MR) is 113 cm³/mol. The number of methoxy groups -OCH3 is 2. The van der Waals surface area contributed by atoms with Crippen molar-refractivity contribution in [3.05, 3.63) is 77.1 Å². The minimum Gasteiger partial charge on any atom is -0.504 e. The number of phenols is 2. The molecule has 3 aromatic rings. The Balaban J connectivity index is 1.81. The van der Waals surface area contributed by atoms with E-state index in [1.54, 1.807) is 30.3 Å². The Morgan fingerprint density at radius 1 is 0.800 bits per heavy atom. The van der Waals surface area contributed by atoms with Gasteiger partial charge in [-0.2, -0.15) is 4.57 Å². The molecule has 0 spiro atoms. The number of benzene rings is 2. The van der Waals surface area contributed by atoms with Gasteiger partial charge in [0.1, 0.15) is 7.05 Å². The van der Waals surface area contributed by atoms with Gasteiger partial charge < -0.3 is 19.7 Å². The van der Waals surface area contributed by atoms with Crippen LogP contribution in [0.4, 0.5) is 0 Å². The van der Waals surface area contributed by atoms with Crippen LogP contribution in [-0.2, 0) is 13.5 Å². The van der Waals surface area contributed by atoms with Gasteiger partial charge in [0.05, 0.1) is 14.2 Å². The van der Waals surface area contributed by atoms with E-state index < -0.39 is 0 Å². The van der Waals surface area contributed by atoms with Crippen molar-refractivity contribution in [2.45, 2.75) is 6.42 Å². The summed E-state index contributed by atoms with van der Waals surface area (Å²) in [5.41, 5.74) is 3.33. The number of aromatic hydroxyl groups is 2. The van der Waals surface area contributed by atoms with Gasteiger partial charge in [0, 0.05) is 36.0 Å². The average Bonchev–Trinajstić information content (AvgIpc) is 2.76. The lowest BCUT2D eigenvalue weighted by molar-refractivity contribution is -0.676. The minimum absolute atomic E-state index is 0.0807. The lowest BCUT2D eigenvalue weighted by atomic mass is 10.1. The molecule has 1 aromatic heterocycles. The van der Waals surface area contributed by atoms with Crippen LogP contribution in [0, 0.1) is 23.7 Å². The zero-order chi connectivity index (χ0) is 21.5. The smallest absolute Gasteiger partial charge is 0.257 e. The molecule has 0 saturated carbocycles. The van der Waals surface area contributed by atoms with Crippen molar-refractivity contribution in [2.75, 3.05) is 14.2 Å². The Bertz CT molecular complexity index is 1190. The Hall–Kier alpha value is -4.09. The van der Waals surface area contributed by atoms with Crippen molar-refractivity contribution in [1.29, 1.82) is 0 Å². The molecule has 3 rings (SSSR count). The van der Waals surface area contributed by atoms with Crippen LogP contribution >= 0.6 is 0 Å². The van der Waals surface area contributed by atoms with E-state index in [0.29, 0.717) is 17.9 Å². The first-order valence-corrected chi connectivity index (χ1v) is 9.24. The summed E-state index contributed by atoms with van der Waals surface area (Å²) in [5, 5.41) is 19.4. The van der Waals surface area contributed by atoms with Crippen LogP contribution in [0.1, 0.15) is 22.5 Å². The minimum atomic E-state index is 0.0807. The fourth-order valence-corrected chi connectivity index (χ4v) is 2.80. The van der Waals surface area contributed by atoms with Crippen LogP contribution in [0.15, 0.2) is 54.6 Å². The molecule has 2 N–H and O–H groups in total. The average molecular weight is 400 g/mol. The number of rotatable bonds is 3. The number of hydrogen-bond acceptors (Lipinski definition) is 4. The number of pyridine rings is 1. The third-order valence-electron chi connectivity index (χ3n) is 4.50. The molecule has 0 aliphatic carbocycles. The molecule has 0 bridgehead atoms. The molecule has 0 fully saturated rings. The second kappa shape index (κ2) is 9.41. The van der Waals surface area contributed by atoms with Gasteiger partial charge in [-0.1, -0.05) is 17.9 Å². The number of phenolic OH excluding ortho intramolecular Hbond substituents is 2. The molecule has 0 atom stereocenters. The first-order valence-electron chi connectivity index (χ1n) is 9.24. The van der Waals surface area contributed by atoms with Crippen LogP contribution < -0.4 is 14.0 Å². The second-order valence-electron chi connectivity index (χ2n) is 6.48. The van der Waals surface area contributed by atoms with Crippen molar-refractivity contribution in [3.8, 4) is 46.7 Å². The summed E-state index contributed by atoms with van der Waals surface area (Å²) in [6.45, 7) is 0. The number of hydrogen-bond donors (Lipinski definition) is 2. The standard InChI is InChI=1S/C25H21NO4/c1-26-20(7-4-6-18-11-14-22(27)24(16-18)29-2)8-5-9-21(26)13-10-19-12-15-23(28)25(17-19)30-3/h5,8-9,11-12,14-17,27H,6H2,1-3H3/p+1. The van der Waals surface area contributed by atoms with Gasteiger partial charge in [-0.25, -0.2) is 0 Å². The summed E-state index contributed by atoms with van der Waals surface area (Å²) in [7, 11) is 4.93. The SMILES string of the molecule is COc1cc(C#Cc2cccc(C#CCc3ccc(O)c(OC)c3)[n+]2C)ccc1O. The second-order valence-corrected chi connectivity index (χ2v) is 6.48. The van der Waals surface area contributed by atoms with Crippen LogP contribution in [0.25, 0.3) is 0 Å². The van der Waals surface area contributed by atoms with Gasteiger partial charge in [-0.05, 0) is 42.0 Å². The fraction of sp³-hybridized carbons (Fsp3) is 0.160. The predicted octanol–water partition coefficient (Wildman–Crippen LogP) is 2.93. The Morgan fingerprint density at radius 3 is 2.13 bits per heavy atom. The van der Waals surface area contributed by atoms with Crippen LogP contribution in [0.5, 0.6) is 23.0 Å². The molecular weight excluding hydrogens is 378 g/mol. The maximum absolute atomic E-state index is 9.70. The van der Waals surface area contributed by atoms with E-state index in [0.717, 1.165) is 22.5 Å². The van der Waals surface area contributed by atoms with Crippen molar-refractivity contribution in [1.82, 2.24) is 0 Å². The topological polar surface area (TPSA) is 62.8 Å². The van der Waals surface area contributed by atoms with E-state index in [4.69, 9.17) is 9.47 Å². The summed E-state index contributed by atoms with van der Waals surface area (Å²) in [4.78, 5) is 0. The van der Waals surface area contributed by atoms with E-state index >= 15 is 0 Å². The molecule has 0 radical (unpaired) electrons. The molecule has 1 heterocycles. The van der Waals surface area contributed by atoms with E-state index in [-0.39, 0.29) is 11.5 Å². The molecule has 0 unspecified atom stereocenters. The van der Waals surface area contributed by atoms with Crippen LogP contribution in [-0.4, -0.2) is 24.4 Å². The van der Waals surface area contributed by atoms with Gasteiger partial charge in [-0.15, -0.1) is 0 Å². The summed E-state index contributed by atoms with van der Waals surface area (Å²) >= 11 is 0. The fourth-order valence-electron chi connectivity index (χ4n) is 2.80. The maximum atomic E-state index is 9.70. The molecule has 0 aliphatic heterocycles. The van der Waals surface area contributed by atoms with E-state index in [1.807, 2.05) is 35.9 Å². The van der Waals surface area contributed by atoms with Crippen LogP contribution in [0.2, 0.25) is 0 Å². The lowest BCUT2D eigenvalue weighted by Gasteiger charge is -2.04. The van der Waals surface area contributed by atoms with E-state index in [2.05, 4.69) is 23.7 Å². The van der Waals surface area contributed by atoms with Gasteiger partial charge >= 0.3 is 0 Å². The highest BCUT2D eigenvalue weighted by atomic mass is 16.5. The zero-order valence-electron chi connectivity index (χ0n) is 17.1. The quantitative estimate of drug-likeness (QED) is 0.524. The van der Waals surface area contributed by atoms with E-state index in [1.165, 1.54) is 14.2 Å². The molecule has 30 heavy (non-hydrogen) atoms. The Labute approximate surface area is 176 Å². The Kier molecular flexibility index (Phi) is 6.47. The Morgan fingerprint density at radius 2 is 1.43 bits per heavy atom. The lowest BCUT2D eigenvalue weighted by Crippen LogP contribution is -2.36. The summed E-state index contributed by atoms with van der Waals surface area (Å²) in [5.74, 6) is 13.5. The number of aromatic nitrogens is 1. The number of nitrogens with zero attached hydrogens (tertiary/aromatic N) is 1. The monoisotopic (exact) mass is 400 g/mol. The van der Waals surface area contributed by atoms with Crippen molar-refractivity contribution in [2.24, 2.45) is 7.05 Å². The summed E-state index contributed by atoms with van der Waals surface area (Å²) in [6.07, 6.45) is 0.528. The highest BCUT2D eigenvalue weighted by Crippen LogP contribution is 2.26. The van der Waals surface area contributed by atoms with Gasteiger partial charge in [0.15, 0.2) is 23.0 Å². The van der Waals surface area contributed by atoms with Crippen molar-refractivity contribution in [3.63, 3.8) is 0 Å². The molecule has 0 aliphatic rings. The van der Waals surface area contributed by atoms with Crippen molar-refractivity contribution < 1.29 is 24.3 Å². The highest BCUT2D eigenvalue weighted by Gasteiger charge is 2.08. The first-order chi connectivity index (χ1) is 14.5. The summed E-state index contributed by atoms with van der Waals surface area (Å²) < 4.78 is 12.2. The third-order valence-corrected chi connectivity index (χ3v) is 4.50. The molecule has 2 aromatic carbocycles. The third kappa shape index (κ3) is 4.84.